The van der Waals surface area contributed by atoms with Crippen molar-refractivity contribution in [1.29, 1.82) is 0 Å². The fraction of sp³-hybridized carbons (Fsp3) is 0.467. The Balaban J connectivity index is 0.00000580. The Kier molecular flexibility index (Phi) is 13.2. The number of rotatable bonds is 12. The summed E-state index contributed by atoms with van der Waals surface area (Å²) in [7, 11) is 1.33. The molecule has 1 fully saturated rings. The summed E-state index contributed by atoms with van der Waals surface area (Å²) in [4.78, 5) is 42.1. The maximum Gasteiger partial charge on any atom is 2.00 e. The molecular formula is C45H55MgN4O5-. The van der Waals surface area contributed by atoms with E-state index in [1.54, 1.807) is 0 Å². The minimum absolute atomic E-state index is 0. The van der Waals surface area contributed by atoms with Crippen molar-refractivity contribution in [3.63, 3.8) is 0 Å². The maximum absolute atomic E-state index is 13.5. The number of hydrogen-bond acceptors (Lipinski definition) is 6. The molecule has 1 unspecified atom stereocenters. The fourth-order valence-corrected chi connectivity index (χ4v) is 8.55. The molecule has 8 bridgehead atoms. The van der Waals surface area contributed by atoms with E-state index < -0.39 is 17.9 Å². The van der Waals surface area contributed by atoms with Crippen molar-refractivity contribution in [3.8, 4) is 0 Å². The average molecular weight is 756 g/mol. The van der Waals surface area contributed by atoms with Gasteiger partial charge in [0.25, 0.3) is 0 Å². The van der Waals surface area contributed by atoms with Gasteiger partial charge in [0.1, 0.15) is 18.3 Å². The van der Waals surface area contributed by atoms with Crippen LogP contribution in [-0.2, 0) is 25.5 Å². The molecule has 3 aromatic rings. The normalized spacial score (nSPS) is 22.2. The molecule has 55 heavy (non-hydrogen) atoms. The molecule has 4 atom stereocenters. The van der Waals surface area contributed by atoms with Crippen LogP contribution < -0.4 is 41.5 Å². The van der Waals surface area contributed by atoms with E-state index in [0.717, 1.165) is 74.9 Å². The van der Waals surface area contributed by atoms with Crippen LogP contribution in [0.3, 0.4) is 0 Å². The summed E-state index contributed by atoms with van der Waals surface area (Å²) < 4.78 is 11.0. The van der Waals surface area contributed by atoms with Crippen LogP contribution in [0.5, 0.6) is 0 Å². The number of fused-ring (bicyclic) bond motifs is 8. The van der Waals surface area contributed by atoms with Crippen LogP contribution in [0.15, 0.2) is 23.9 Å². The van der Waals surface area contributed by atoms with E-state index in [9.17, 15) is 14.7 Å². The van der Waals surface area contributed by atoms with Crippen LogP contribution in [0.2, 0.25) is 0 Å². The zero-order chi connectivity index (χ0) is 39.0. The monoisotopic (exact) mass is 755 g/mol. The van der Waals surface area contributed by atoms with Crippen LogP contribution in [0, 0.1) is 44.4 Å². The number of carbonyl (C=O) groups is 2. The number of nitrogens with zero attached hydrogens (tertiary/aromatic N) is 3. The van der Waals surface area contributed by atoms with E-state index in [0.29, 0.717) is 34.2 Å². The third-order valence-corrected chi connectivity index (χ3v) is 11.8. The molecule has 2 N–H and O–H groups in total. The topological polar surface area (TPSA) is 127 Å². The van der Waals surface area contributed by atoms with E-state index in [1.165, 1.54) is 19.1 Å². The third kappa shape index (κ3) is 8.08. The first-order valence-electron chi connectivity index (χ1n) is 19.4. The molecule has 0 spiro atoms. The molecule has 0 aromatic carbocycles. The van der Waals surface area contributed by atoms with Gasteiger partial charge in [-0.1, -0.05) is 92.8 Å². The van der Waals surface area contributed by atoms with Crippen molar-refractivity contribution >= 4 is 70.6 Å². The molecule has 9 nitrogen and oxygen atoms in total. The first-order valence-corrected chi connectivity index (χ1v) is 19.4. The first kappa shape index (κ1) is 42.0. The zero-order valence-corrected chi connectivity index (χ0v) is 35.5. The van der Waals surface area contributed by atoms with Crippen LogP contribution in [0.1, 0.15) is 112 Å². The summed E-state index contributed by atoms with van der Waals surface area (Å²) in [6.07, 6.45) is 14.7. The van der Waals surface area contributed by atoms with E-state index in [4.69, 9.17) is 24.4 Å². The molecule has 288 valence electrons. The minimum Gasteiger partial charge on any atom is -0.657 e. The number of allylic oxidation sites excluding steroid dienone is 2. The Hall–Kier alpha value is -4.15. The second-order valence-electron chi connectivity index (χ2n) is 15.6. The average Bonchev–Trinajstić information content (AvgIpc) is 3.87. The number of esters is 2. The molecular weight excluding hydrogens is 701 g/mol. The van der Waals surface area contributed by atoms with Gasteiger partial charge < -0.3 is 34.8 Å². The molecule has 0 amide bonds. The molecule has 0 saturated carbocycles. The number of ether oxygens (including phenoxy) is 2. The molecule has 6 rings (SSSR count). The van der Waals surface area contributed by atoms with E-state index in [2.05, 4.69) is 59.5 Å². The van der Waals surface area contributed by atoms with E-state index in [1.807, 2.05) is 38.2 Å². The summed E-state index contributed by atoms with van der Waals surface area (Å²) in [6, 6.07) is -0.443. The molecule has 5 heterocycles. The van der Waals surface area contributed by atoms with Crippen molar-refractivity contribution in [2.45, 2.75) is 100.0 Å². The number of nitrogens with one attached hydrogen (secondary N) is 1. The van der Waals surface area contributed by atoms with Gasteiger partial charge in [-0.25, -0.2) is 0 Å². The maximum atomic E-state index is 13.5. The summed E-state index contributed by atoms with van der Waals surface area (Å²) in [5.41, 5.74) is 9.98. The van der Waals surface area contributed by atoms with Crippen LogP contribution in [0.25, 0.3) is 35.6 Å². The van der Waals surface area contributed by atoms with Gasteiger partial charge in [0.2, 0.25) is 0 Å². The molecule has 3 aliphatic rings. The Morgan fingerprint density at radius 3 is 2.38 bits per heavy atom. The predicted molar refractivity (Wildman–Crippen MR) is 219 cm³/mol. The van der Waals surface area contributed by atoms with Gasteiger partial charge in [0, 0.05) is 23.3 Å². The smallest absolute Gasteiger partial charge is 0.657 e. The number of hydrogen-bond donors (Lipinski definition) is 2. The minimum atomic E-state index is -1.04. The number of aromatic nitrogens is 3. The van der Waals surface area contributed by atoms with Gasteiger partial charge in [0.15, 0.2) is 0 Å². The van der Waals surface area contributed by atoms with Crippen LogP contribution in [0.4, 0.5) is 0 Å². The van der Waals surface area contributed by atoms with Gasteiger partial charge in [-0.05, 0) is 82.4 Å². The Bertz CT molecular complexity index is 2300. The van der Waals surface area contributed by atoms with Crippen molar-refractivity contribution in [2.24, 2.45) is 23.7 Å². The molecule has 0 radical (unpaired) electrons. The molecule has 3 aromatic heterocycles. The summed E-state index contributed by atoms with van der Waals surface area (Å²) in [6.45, 7) is 21.2. The van der Waals surface area contributed by atoms with Gasteiger partial charge in [-0.2, -0.15) is 0 Å². The second-order valence-corrected chi connectivity index (χ2v) is 15.6. The van der Waals surface area contributed by atoms with Gasteiger partial charge in [-0.3, -0.25) is 9.59 Å². The van der Waals surface area contributed by atoms with Gasteiger partial charge in [0.05, 0.1) is 13.2 Å². The Labute approximate surface area is 341 Å². The molecule has 1 aliphatic carbocycles. The van der Waals surface area contributed by atoms with Crippen molar-refractivity contribution in [3.05, 3.63) is 90.1 Å². The third-order valence-electron chi connectivity index (χ3n) is 11.8. The quantitative estimate of drug-likeness (QED) is 0.159. The van der Waals surface area contributed by atoms with Crippen LogP contribution >= 0.6 is 0 Å². The van der Waals surface area contributed by atoms with Gasteiger partial charge in [-0.15, -0.1) is 33.1 Å². The second kappa shape index (κ2) is 17.3. The molecule has 2 aliphatic heterocycles. The standard InChI is InChI=1S/C45H55N4O5.Mg/c1-11-29-25(6)32-20-34-27(8)31(16-17-38(50)54-19-18-24(5)15-13-14-23(3)4)42(48-34)40-41(45(52)53-10)44(51)39-28(9)35(49-43(39)40)22-37-30(12-2)26(7)33(47-37)21-36(29)46-32;/h11,18,20-23,27,31,41-42,48,51H,1,12-17,19H2,2-10H3;/q-3;+2/b24-18-,33-21-,34-20-,37-22-;/t27-,31-,41+,42?;/m0./s1. The molecule has 10 heteroatoms. The van der Waals surface area contributed by atoms with Crippen molar-refractivity contribution in [2.75, 3.05) is 13.7 Å². The number of aliphatic hydroxyl groups excluding tert-OH is 1. The van der Waals surface area contributed by atoms with E-state index in [-0.39, 0.29) is 59.6 Å². The number of carbonyl (C=O) groups excluding carboxylic acids is 2. The predicted octanol–water partition coefficient (Wildman–Crippen LogP) is 4.26. The molecule has 1 saturated heterocycles. The van der Waals surface area contributed by atoms with Crippen molar-refractivity contribution in [1.82, 2.24) is 20.3 Å². The SMILES string of the molecule is C=Cc1c2[n-]c(c1C)/C=C1\NC(C3=c4[n-]c(c(C)c4=C(O)[C@@H]3C(=O)OC)/C=c3\[n-]/c(c(C)c3CC)=C\2)[C@@H](CCC(=O)OC/C=C(/C)CCCC(C)C)[C@@H]1C.[Mg+2]. The fourth-order valence-electron chi connectivity index (χ4n) is 8.55. The summed E-state index contributed by atoms with van der Waals surface area (Å²) in [5, 5.41) is 18.4. The largest absolute Gasteiger partial charge is 2.00 e. The number of aliphatic hydroxyl groups is 1. The zero-order valence-electron chi connectivity index (χ0n) is 34.1. The van der Waals surface area contributed by atoms with E-state index >= 15 is 0 Å². The van der Waals surface area contributed by atoms with Gasteiger partial charge >= 0.3 is 35.0 Å². The summed E-state index contributed by atoms with van der Waals surface area (Å²) >= 11 is 0. The van der Waals surface area contributed by atoms with Crippen LogP contribution in [-0.4, -0.2) is 59.9 Å². The summed E-state index contributed by atoms with van der Waals surface area (Å²) in [5.74, 6) is -1.48. The first-order chi connectivity index (χ1) is 25.8. The Morgan fingerprint density at radius 2 is 1.71 bits per heavy atom. The Morgan fingerprint density at radius 1 is 1.00 bits per heavy atom. The number of methoxy groups -OCH3 is 1. The van der Waals surface area contributed by atoms with Crippen molar-refractivity contribution < 1.29 is 24.2 Å².